The minimum Gasteiger partial charge on any atom is -0.479 e. The number of H-pyrrole nitrogens is 1. The molecule has 0 saturated carbocycles. The van der Waals surface area contributed by atoms with Gasteiger partial charge in [0.15, 0.2) is 11.3 Å². The van der Waals surface area contributed by atoms with Gasteiger partial charge in [-0.25, -0.2) is 4.68 Å². The van der Waals surface area contributed by atoms with E-state index < -0.39 is 9.85 Å². The number of hydrogen-bond donors (Lipinski definition) is 1. The highest BCUT2D eigenvalue weighted by molar-refractivity contribution is 5.98. The molecule has 0 aliphatic rings. The number of rotatable bonds is 4. The normalized spacial score (nSPS) is 11.2. The Balaban J connectivity index is 2.14. The zero-order valence-corrected chi connectivity index (χ0v) is 15.1. The van der Waals surface area contributed by atoms with E-state index in [0.717, 1.165) is 0 Å². The standard InChI is InChI=1S/C17H14N6O5/c1-8-4-10-14(12(6-8)22(24)25)18-19-16(10)21-15-11(17(20-21)28-3)5-9(2)7-13(15)23(26)27/h4-7H,1-3H3,(H,18,19). The van der Waals surface area contributed by atoms with Crippen LogP contribution in [0.4, 0.5) is 11.4 Å². The van der Waals surface area contributed by atoms with Crippen LogP contribution in [-0.2, 0) is 0 Å². The summed E-state index contributed by atoms with van der Waals surface area (Å²) in [5.74, 6) is 0.405. The van der Waals surface area contributed by atoms with E-state index in [2.05, 4.69) is 15.3 Å². The Morgan fingerprint density at radius 2 is 1.61 bits per heavy atom. The number of benzene rings is 2. The molecule has 0 saturated heterocycles. The molecule has 0 radical (unpaired) electrons. The predicted octanol–water partition coefficient (Wildman–Crippen LogP) is 3.34. The van der Waals surface area contributed by atoms with Gasteiger partial charge in [-0.15, -0.1) is 5.10 Å². The summed E-state index contributed by atoms with van der Waals surface area (Å²) < 4.78 is 6.58. The summed E-state index contributed by atoms with van der Waals surface area (Å²) in [6.45, 7) is 3.46. The molecule has 2 heterocycles. The van der Waals surface area contributed by atoms with Crippen LogP contribution in [0.1, 0.15) is 11.1 Å². The maximum atomic E-state index is 11.7. The van der Waals surface area contributed by atoms with Gasteiger partial charge in [-0.2, -0.15) is 5.10 Å². The van der Waals surface area contributed by atoms with Crippen LogP contribution in [0.15, 0.2) is 24.3 Å². The minimum atomic E-state index is -0.509. The van der Waals surface area contributed by atoms with Gasteiger partial charge in [0.25, 0.3) is 11.4 Å². The number of aromatic amines is 1. The third-order valence-electron chi connectivity index (χ3n) is 4.43. The Morgan fingerprint density at radius 3 is 2.21 bits per heavy atom. The van der Waals surface area contributed by atoms with Gasteiger partial charge in [0.2, 0.25) is 5.88 Å². The molecule has 0 bridgehead atoms. The number of nitrogens with one attached hydrogen (secondary N) is 1. The molecular weight excluding hydrogens is 368 g/mol. The second-order valence-electron chi connectivity index (χ2n) is 6.37. The maximum absolute atomic E-state index is 11.7. The minimum absolute atomic E-state index is 0.137. The topological polar surface area (TPSA) is 142 Å². The largest absolute Gasteiger partial charge is 0.479 e. The molecule has 4 aromatic rings. The lowest BCUT2D eigenvalue weighted by Crippen LogP contribution is -2.01. The average Bonchev–Trinajstić information content (AvgIpc) is 3.20. The molecule has 0 unspecified atom stereocenters. The molecular formula is C17H14N6O5. The Morgan fingerprint density at radius 1 is 1.00 bits per heavy atom. The molecule has 11 nitrogen and oxygen atoms in total. The van der Waals surface area contributed by atoms with Crippen molar-refractivity contribution < 1.29 is 14.6 Å². The fourth-order valence-electron chi connectivity index (χ4n) is 3.32. The first-order valence-electron chi connectivity index (χ1n) is 8.17. The Labute approximate surface area is 156 Å². The lowest BCUT2D eigenvalue weighted by molar-refractivity contribution is -0.383. The van der Waals surface area contributed by atoms with Crippen LogP contribution in [0.3, 0.4) is 0 Å². The first-order chi connectivity index (χ1) is 13.3. The number of hydrogen-bond acceptors (Lipinski definition) is 7. The number of nitrogens with zero attached hydrogens (tertiary/aromatic N) is 5. The number of aryl methyl sites for hydroxylation is 2. The van der Waals surface area contributed by atoms with Crippen molar-refractivity contribution in [1.29, 1.82) is 0 Å². The molecule has 0 aliphatic carbocycles. The Bertz CT molecular complexity index is 1290. The maximum Gasteiger partial charge on any atom is 0.296 e. The van der Waals surface area contributed by atoms with Gasteiger partial charge in [0, 0.05) is 12.1 Å². The van der Waals surface area contributed by atoms with Crippen molar-refractivity contribution in [3.63, 3.8) is 0 Å². The van der Waals surface area contributed by atoms with Gasteiger partial charge in [-0.1, -0.05) is 0 Å². The predicted molar refractivity (Wildman–Crippen MR) is 100 cm³/mol. The van der Waals surface area contributed by atoms with Crippen molar-refractivity contribution in [3.05, 3.63) is 55.6 Å². The van der Waals surface area contributed by atoms with Crippen molar-refractivity contribution in [3.8, 4) is 11.7 Å². The van der Waals surface area contributed by atoms with Gasteiger partial charge in [-0.05, 0) is 37.1 Å². The number of fused-ring (bicyclic) bond motifs is 2. The number of ether oxygens (including phenoxy) is 1. The SMILES string of the molecule is COc1nn(-c2n[nH]c3c([N+](=O)[O-])cc(C)cc23)c2c([N+](=O)[O-])cc(C)cc12. The fraction of sp³-hybridized carbons (Fsp3) is 0.176. The highest BCUT2D eigenvalue weighted by Crippen LogP contribution is 2.37. The summed E-state index contributed by atoms with van der Waals surface area (Å²) in [7, 11) is 1.41. The highest BCUT2D eigenvalue weighted by atomic mass is 16.6. The monoisotopic (exact) mass is 382 g/mol. The number of nitro benzene ring substituents is 2. The summed E-state index contributed by atoms with van der Waals surface area (Å²) in [5.41, 5.74) is 1.44. The molecule has 0 atom stereocenters. The molecule has 0 aliphatic heterocycles. The van der Waals surface area contributed by atoms with Gasteiger partial charge >= 0.3 is 0 Å². The number of non-ortho nitro benzene ring substituents is 2. The van der Waals surface area contributed by atoms with Crippen LogP contribution >= 0.6 is 0 Å². The van der Waals surface area contributed by atoms with Crippen molar-refractivity contribution in [2.75, 3.05) is 7.11 Å². The molecule has 2 aromatic carbocycles. The van der Waals surface area contributed by atoms with E-state index >= 15 is 0 Å². The summed E-state index contributed by atoms with van der Waals surface area (Å²) in [5, 5.41) is 35.1. The van der Waals surface area contributed by atoms with Crippen LogP contribution in [-0.4, -0.2) is 36.9 Å². The molecule has 4 rings (SSSR count). The van der Waals surface area contributed by atoms with E-state index in [1.165, 1.54) is 23.9 Å². The summed E-state index contributed by atoms with van der Waals surface area (Å²) in [6.07, 6.45) is 0. The molecule has 0 fully saturated rings. The average molecular weight is 382 g/mol. The van der Waals surface area contributed by atoms with Crippen LogP contribution in [0.2, 0.25) is 0 Å². The van der Waals surface area contributed by atoms with Gasteiger partial charge < -0.3 is 4.74 Å². The highest BCUT2D eigenvalue weighted by Gasteiger charge is 2.26. The molecule has 0 spiro atoms. The smallest absolute Gasteiger partial charge is 0.296 e. The second-order valence-corrected chi connectivity index (χ2v) is 6.37. The van der Waals surface area contributed by atoms with E-state index in [0.29, 0.717) is 21.9 Å². The van der Waals surface area contributed by atoms with E-state index in [1.807, 2.05) is 0 Å². The van der Waals surface area contributed by atoms with E-state index in [-0.39, 0.29) is 34.1 Å². The second kappa shape index (κ2) is 6.01. The lowest BCUT2D eigenvalue weighted by atomic mass is 10.1. The van der Waals surface area contributed by atoms with Crippen molar-refractivity contribution in [2.45, 2.75) is 13.8 Å². The van der Waals surface area contributed by atoms with E-state index in [9.17, 15) is 20.2 Å². The third kappa shape index (κ3) is 2.44. The summed E-state index contributed by atoms with van der Waals surface area (Å²) in [4.78, 5) is 22.0. The van der Waals surface area contributed by atoms with Crippen molar-refractivity contribution in [1.82, 2.24) is 20.0 Å². The van der Waals surface area contributed by atoms with Crippen LogP contribution < -0.4 is 4.74 Å². The molecule has 1 N–H and O–H groups in total. The van der Waals surface area contributed by atoms with Gasteiger partial charge in [0.05, 0.1) is 27.7 Å². The van der Waals surface area contributed by atoms with Crippen LogP contribution in [0, 0.1) is 34.1 Å². The third-order valence-corrected chi connectivity index (χ3v) is 4.43. The van der Waals surface area contributed by atoms with Crippen LogP contribution in [0.5, 0.6) is 5.88 Å². The van der Waals surface area contributed by atoms with Crippen LogP contribution in [0.25, 0.3) is 27.6 Å². The Hall–Kier alpha value is -4.02. The van der Waals surface area contributed by atoms with Crippen molar-refractivity contribution >= 4 is 33.2 Å². The van der Waals surface area contributed by atoms with E-state index in [1.54, 1.807) is 26.0 Å². The number of nitro groups is 2. The Kier molecular flexibility index (Phi) is 3.73. The van der Waals surface area contributed by atoms with E-state index in [4.69, 9.17) is 4.74 Å². The van der Waals surface area contributed by atoms with Gasteiger partial charge in [-0.3, -0.25) is 25.3 Å². The molecule has 28 heavy (non-hydrogen) atoms. The number of aromatic nitrogens is 4. The quantitative estimate of drug-likeness (QED) is 0.421. The zero-order chi connectivity index (χ0) is 20.2. The molecule has 142 valence electrons. The lowest BCUT2D eigenvalue weighted by Gasteiger charge is -2.02. The molecule has 2 aromatic heterocycles. The zero-order valence-electron chi connectivity index (χ0n) is 15.1. The first-order valence-corrected chi connectivity index (χ1v) is 8.17. The number of methoxy groups -OCH3 is 1. The molecule has 0 amide bonds. The fourth-order valence-corrected chi connectivity index (χ4v) is 3.32. The van der Waals surface area contributed by atoms with Gasteiger partial charge in [0.1, 0.15) is 5.52 Å². The molecule has 11 heteroatoms. The first kappa shape index (κ1) is 17.4. The summed E-state index contributed by atoms with van der Waals surface area (Å²) >= 11 is 0. The summed E-state index contributed by atoms with van der Waals surface area (Å²) in [6, 6.07) is 6.30. The van der Waals surface area contributed by atoms with Crippen molar-refractivity contribution in [2.24, 2.45) is 0 Å².